The molecule has 28 heavy (non-hydrogen) atoms. The van der Waals surface area contributed by atoms with E-state index in [4.69, 9.17) is 11.6 Å². The van der Waals surface area contributed by atoms with Gasteiger partial charge in [-0.25, -0.2) is 8.42 Å². The van der Waals surface area contributed by atoms with Crippen molar-refractivity contribution in [1.29, 1.82) is 0 Å². The Kier molecular flexibility index (Phi) is 7.96. The summed E-state index contributed by atoms with van der Waals surface area (Å²) < 4.78 is 27.8. The number of carbonyl (C=O) groups is 1. The van der Waals surface area contributed by atoms with Gasteiger partial charge in [-0.15, -0.1) is 0 Å². The van der Waals surface area contributed by atoms with E-state index >= 15 is 0 Å². The predicted molar refractivity (Wildman–Crippen MR) is 100 cm³/mol. The Labute approximate surface area is 191 Å². The third kappa shape index (κ3) is 5.98. The fourth-order valence-electron chi connectivity index (χ4n) is 2.88. The van der Waals surface area contributed by atoms with Crippen molar-refractivity contribution in [2.24, 2.45) is 0 Å². The van der Waals surface area contributed by atoms with Gasteiger partial charge in [-0.05, 0) is 53.8 Å². The number of carboxylic acid groups (broad SMARTS) is 1. The molecular weight excluding hydrogens is 411 g/mol. The minimum Gasteiger partial charge on any atom is -0.537 e. The maximum absolute atomic E-state index is 12.7. The van der Waals surface area contributed by atoms with Crippen LogP contribution in [0.25, 0.3) is 0 Å². The van der Waals surface area contributed by atoms with Crippen molar-refractivity contribution >= 4 is 33.3 Å². The number of rotatable bonds is 4. The van der Waals surface area contributed by atoms with Gasteiger partial charge in [0.25, 0.3) is 10.0 Å². The molecular formula is C19H16ClN2NaO4S. The molecule has 0 amide bonds. The molecule has 0 spiro atoms. The summed E-state index contributed by atoms with van der Waals surface area (Å²) in [6.07, 6.45) is 0.740. The molecule has 0 atom stereocenters. The zero-order chi connectivity index (χ0) is 19.4. The fourth-order valence-corrected chi connectivity index (χ4v) is 4.17. The topological polar surface area (TPSA) is 89.5 Å². The fraction of sp³-hybridized carbons (Fsp3) is 0.211. The van der Waals surface area contributed by atoms with Crippen LogP contribution >= 0.6 is 11.6 Å². The standard InChI is InChI=1S/C19H17ClN2O4S.Na/c20-16-3-1-4-17(12-16)21-27(25,26)18-7-6-14-8-10-22(13-15(14)11-18)9-2-5-19(23)24;/h1,3-4,6-7,11-12,21H,8-10,13H2,(H,23,24);/q;+1/p-1. The largest absolute Gasteiger partial charge is 1.00 e. The second-order valence-electron chi connectivity index (χ2n) is 6.10. The van der Waals surface area contributed by atoms with Crippen molar-refractivity contribution in [1.82, 2.24) is 4.90 Å². The van der Waals surface area contributed by atoms with Gasteiger partial charge in [0.1, 0.15) is 5.97 Å². The molecule has 0 aliphatic carbocycles. The van der Waals surface area contributed by atoms with E-state index in [1.165, 1.54) is 6.07 Å². The van der Waals surface area contributed by atoms with Crippen LogP contribution in [-0.4, -0.2) is 32.4 Å². The molecule has 0 radical (unpaired) electrons. The molecule has 9 heteroatoms. The number of sulfonamides is 1. The Morgan fingerprint density at radius 3 is 2.71 bits per heavy atom. The van der Waals surface area contributed by atoms with E-state index in [-0.39, 0.29) is 41.0 Å². The average Bonchev–Trinajstić information content (AvgIpc) is 2.60. The number of fused-ring (bicyclic) bond motifs is 1. The van der Waals surface area contributed by atoms with Gasteiger partial charge >= 0.3 is 29.6 Å². The summed E-state index contributed by atoms with van der Waals surface area (Å²) in [7, 11) is -3.75. The Balaban J connectivity index is 0.00000280. The Hall–Kier alpha value is -1.53. The summed E-state index contributed by atoms with van der Waals surface area (Å²) in [6.45, 7) is 1.50. The van der Waals surface area contributed by atoms with E-state index in [0.29, 0.717) is 17.3 Å². The number of carbonyl (C=O) groups excluding carboxylic acids is 1. The quantitative estimate of drug-likeness (QED) is 0.463. The molecule has 2 aromatic carbocycles. The zero-order valence-electron chi connectivity index (χ0n) is 15.2. The van der Waals surface area contributed by atoms with Crippen molar-refractivity contribution in [3.63, 3.8) is 0 Å². The minimum atomic E-state index is -3.75. The van der Waals surface area contributed by atoms with Gasteiger partial charge in [-0.3, -0.25) is 9.62 Å². The maximum atomic E-state index is 12.7. The van der Waals surface area contributed by atoms with E-state index in [1.807, 2.05) is 16.9 Å². The summed E-state index contributed by atoms with van der Waals surface area (Å²) in [6, 6.07) is 11.5. The third-order valence-corrected chi connectivity index (χ3v) is 5.76. The molecule has 0 unspecified atom stereocenters. The SMILES string of the molecule is O=C([O-])C#CCN1CCc2ccc(S(=O)(=O)Nc3cccc(Cl)c3)cc2C1.[Na+]. The van der Waals surface area contributed by atoms with Crippen molar-refractivity contribution in [3.8, 4) is 11.8 Å². The van der Waals surface area contributed by atoms with Gasteiger partial charge in [-0.1, -0.05) is 29.7 Å². The monoisotopic (exact) mass is 426 g/mol. The number of hydrogen-bond acceptors (Lipinski definition) is 5. The first-order chi connectivity index (χ1) is 12.8. The summed E-state index contributed by atoms with van der Waals surface area (Å²) >= 11 is 5.90. The van der Waals surface area contributed by atoms with E-state index in [1.54, 1.807) is 30.3 Å². The molecule has 0 bridgehead atoms. The van der Waals surface area contributed by atoms with Crippen LogP contribution in [0.3, 0.4) is 0 Å². The first kappa shape index (κ1) is 22.8. The molecule has 3 rings (SSSR count). The van der Waals surface area contributed by atoms with Gasteiger partial charge in [0.2, 0.25) is 0 Å². The predicted octanol–water partition coefficient (Wildman–Crippen LogP) is -1.74. The number of nitrogens with zero attached hydrogens (tertiary/aromatic N) is 1. The molecule has 1 heterocycles. The van der Waals surface area contributed by atoms with Gasteiger partial charge in [0.15, 0.2) is 0 Å². The molecule has 1 aliphatic rings. The third-order valence-electron chi connectivity index (χ3n) is 4.15. The smallest absolute Gasteiger partial charge is 0.537 e. The van der Waals surface area contributed by atoms with Crippen molar-refractivity contribution in [2.75, 3.05) is 17.8 Å². The Bertz CT molecular complexity index is 1050. The number of halogens is 1. The van der Waals surface area contributed by atoms with Gasteiger partial charge in [0, 0.05) is 18.1 Å². The molecule has 1 aliphatic heterocycles. The first-order valence-corrected chi connectivity index (χ1v) is 10.0. The summed E-state index contributed by atoms with van der Waals surface area (Å²) in [5, 5.41) is 10.8. The van der Waals surface area contributed by atoms with E-state index < -0.39 is 16.0 Å². The molecule has 1 N–H and O–H groups in total. The van der Waals surface area contributed by atoms with Crippen molar-refractivity contribution < 1.29 is 47.9 Å². The molecule has 0 fully saturated rings. The normalized spacial score (nSPS) is 13.5. The van der Waals surface area contributed by atoms with Crippen LogP contribution in [0.5, 0.6) is 0 Å². The van der Waals surface area contributed by atoms with Crippen LogP contribution in [0.1, 0.15) is 11.1 Å². The number of anilines is 1. The maximum Gasteiger partial charge on any atom is 1.00 e. The van der Waals surface area contributed by atoms with Crippen LogP contribution in [0.4, 0.5) is 5.69 Å². The number of aliphatic carboxylic acids is 1. The van der Waals surface area contributed by atoms with Gasteiger partial charge in [0.05, 0.1) is 17.1 Å². The summed E-state index contributed by atoms with van der Waals surface area (Å²) in [5.41, 5.74) is 2.34. The van der Waals surface area contributed by atoms with E-state index in [0.717, 1.165) is 24.1 Å². The number of carboxylic acids is 1. The molecule has 140 valence electrons. The van der Waals surface area contributed by atoms with Crippen LogP contribution in [-0.2, 0) is 27.8 Å². The van der Waals surface area contributed by atoms with Crippen LogP contribution in [0.2, 0.25) is 5.02 Å². The van der Waals surface area contributed by atoms with Gasteiger partial charge in [-0.2, -0.15) is 0 Å². The molecule has 2 aromatic rings. The molecule has 0 saturated carbocycles. The first-order valence-electron chi connectivity index (χ1n) is 8.16. The second kappa shape index (κ2) is 9.79. The summed E-state index contributed by atoms with van der Waals surface area (Å²) in [5.74, 6) is 3.11. The van der Waals surface area contributed by atoms with Gasteiger partial charge < -0.3 is 9.90 Å². The number of nitrogens with one attached hydrogen (secondary N) is 1. The average molecular weight is 427 g/mol. The zero-order valence-corrected chi connectivity index (χ0v) is 18.8. The Morgan fingerprint density at radius 1 is 1.21 bits per heavy atom. The second-order valence-corrected chi connectivity index (χ2v) is 8.22. The number of hydrogen-bond donors (Lipinski definition) is 1. The van der Waals surface area contributed by atoms with Crippen LogP contribution in [0, 0.1) is 11.8 Å². The van der Waals surface area contributed by atoms with E-state index in [9.17, 15) is 18.3 Å². The molecule has 0 saturated heterocycles. The summed E-state index contributed by atoms with van der Waals surface area (Å²) in [4.78, 5) is 12.5. The van der Waals surface area contributed by atoms with E-state index in [2.05, 4.69) is 10.6 Å². The number of benzene rings is 2. The van der Waals surface area contributed by atoms with Crippen molar-refractivity contribution in [2.45, 2.75) is 17.9 Å². The molecule has 6 nitrogen and oxygen atoms in total. The minimum absolute atomic E-state index is 0. The molecule has 0 aromatic heterocycles. The van der Waals surface area contributed by atoms with Crippen LogP contribution in [0.15, 0.2) is 47.4 Å². The van der Waals surface area contributed by atoms with Crippen LogP contribution < -0.4 is 39.4 Å². The Morgan fingerprint density at radius 2 is 2.00 bits per heavy atom. The van der Waals surface area contributed by atoms with Crippen molar-refractivity contribution in [3.05, 3.63) is 58.6 Å².